The Morgan fingerprint density at radius 3 is 2.62 bits per heavy atom. The summed E-state index contributed by atoms with van der Waals surface area (Å²) in [5.74, 6) is 0.471. The predicted molar refractivity (Wildman–Crippen MR) is 91.3 cm³/mol. The number of hydrogen-bond donors (Lipinski definition) is 0. The molecule has 2 aromatic rings. The zero-order chi connectivity index (χ0) is 18.8. The van der Waals surface area contributed by atoms with E-state index in [1.807, 2.05) is 6.92 Å². The molecule has 0 unspecified atom stereocenters. The molecule has 0 bridgehead atoms. The fourth-order valence-corrected chi connectivity index (χ4v) is 2.76. The minimum Gasteiger partial charge on any atom is -0.338 e. The van der Waals surface area contributed by atoms with Crippen molar-refractivity contribution in [3.63, 3.8) is 0 Å². The van der Waals surface area contributed by atoms with E-state index in [0.717, 1.165) is 5.56 Å². The Morgan fingerprint density at radius 2 is 2.00 bits per heavy atom. The van der Waals surface area contributed by atoms with Gasteiger partial charge in [-0.1, -0.05) is 11.2 Å². The lowest BCUT2D eigenvalue weighted by Crippen LogP contribution is -2.34. The first-order valence-corrected chi connectivity index (χ1v) is 7.78. The molecule has 1 aromatic heterocycles. The lowest BCUT2D eigenvalue weighted by atomic mass is 10.1. The van der Waals surface area contributed by atoms with Crippen LogP contribution < -0.4 is 4.90 Å². The number of benzene rings is 1. The third-order valence-corrected chi connectivity index (χ3v) is 4.08. The van der Waals surface area contributed by atoms with Gasteiger partial charge < -0.3 is 9.42 Å². The maximum absolute atomic E-state index is 11.0. The minimum absolute atomic E-state index is 0.0275. The Labute approximate surface area is 147 Å². The van der Waals surface area contributed by atoms with Gasteiger partial charge in [0, 0.05) is 37.8 Å². The standard InChI is InChI=1S/C15H16N6O5/c1-10-3-4-13(20(22)23)8-12(10)9-18-5-6-19(15(18)16-21(24)25)14-7-11(2)17-26-14/h3-4,7-8H,5-6,9H2,1-2H3/b16-15-. The molecule has 2 heterocycles. The number of anilines is 1. The largest absolute Gasteiger partial charge is 0.338 e. The molecule has 1 aliphatic rings. The van der Waals surface area contributed by atoms with Gasteiger partial charge in [-0.15, -0.1) is 0 Å². The molecule has 3 rings (SSSR count). The summed E-state index contributed by atoms with van der Waals surface area (Å²) >= 11 is 0. The second-order valence-corrected chi connectivity index (χ2v) is 5.89. The number of rotatable bonds is 5. The van der Waals surface area contributed by atoms with Crippen LogP contribution in [-0.2, 0) is 6.54 Å². The van der Waals surface area contributed by atoms with Crippen molar-refractivity contribution in [2.24, 2.45) is 5.10 Å². The van der Waals surface area contributed by atoms with Gasteiger partial charge in [-0.05, 0) is 25.0 Å². The van der Waals surface area contributed by atoms with E-state index in [0.29, 0.717) is 30.2 Å². The highest BCUT2D eigenvalue weighted by molar-refractivity contribution is 5.96. The zero-order valence-electron chi connectivity index (χ0n) is 14.2. The van der Waals surface area contributed by atoms with Crippen molar-refractivity contribution in [2.45, 2.75) is 20.4 Å². The molecule has 136 valence electrons. The van der Waals surface area contributed by atoms with E-state index in [9.17, 15) is 20.2 Å². The van der Waals surface area contributed by atoms with Crippen LogP contribution >= 0.6 is 0 Å². The fourth-order valence-electron chi connectivity index (χ4n) is 2.76. The average Bonchev–Trinajstić information content (AvgIpc) is 3.15. The molecule has 11 heteroatoms. The fraction of sp³-hybridized carbons (Fsp3) is 0.333. The lowest BCUT2D eigenvalue weighted by Gasteiger charge is -2.19. The molecular weight excluding hydrogens is 344 g/mol. The van der Waals surface area contributed by atoms with E-state index < -0.39 is 9.96 Å². The first-order chi connectivity index (χ1) is 12.3. The highest BCUT2D eigenvalue weighted by atomic mass is 16.7. The monoisotopic (exact) mass is 360 g/mol. The van der Waals surface area contributed by atoms with E-state index in [-0.39, 0.29) is 18.2 Å². The quantitative estimate of drug-likeness (QED) is 0.585. The van der Waals surface area contributed by atoms with E-state index in [1.54, 1.807) is 28.9 Å². The molecule has 1 aliphatic heterocycles. The maximum Gasteiger partial charge on any atom is 0.281 e. The predicted octanol–water partition coefficient (Wildman–Crippen LogP) is 2.07. The summed E-state index contributed by atoms with van der Waals surface area (Å²) in [6.07, 6.45) is 0. The summed E-state index contributed by atoms with van der Waals surface area (Å²) < 4.78 is 5.19. The summed E-state index contributed by atoms with van der Waals surface area (Å²) in [5, 5.41) is 28.5. The number of aromatic nitrogens is 1. The molecule has 26 heavy (non-hydrogen) atoms. The minimum atomic E-state index is -0.774. The Hall–Kier alpha value is -3.50. The SMILES string of the molecule is Cc1cc(N2CCN(Cc3cc([N+](=O)[O-])ccc3C)/C2=N/[N+](=O)[O-])on1. The number of aryl methyl sites for hydroxylation is 2. The third-order valence-electron chi connectivity index (χ3n) is 4.08. The van der Waals surface area contributed by atoms with Crippen LogP contribution in [0.15, 0.2) is 33.9 Å². The number of nitrogens with zero attached hydrogens (tertiary/aromatic N) is 6. The molecular formula is C15H16N6O5. The van der Waals surface area contributed by atoms with Crippen LogP contribution in [0.25, 0.3) is 0 Å². The number of nitro groups is 2. The van der Waals surface area contributed by atoms with Crippen LogP contribution in [0.4, 0.5) is 11.6 Å². The molecule has 1 saturated heterocycles. The van der Waals surface area contributed by atoms with Crippen molar-refractivity contribution in [2.75, 3.05) is 18.0 Å². The van der Waals surface area contributed by atoms with Gasteiger partial charge in [-0.2, -0.15) is 0 Å². The number of hydrogen-bond acceptors (Lipinski definition) is 6. The van der Waals surface area contributed by atoms with Crippen molar-refractivity contribution >= 4 is 17.5 Å². The number of nitro benzene ring substituents is 1. The van der Waals surface area contributed by atoms with E-state index in [1.165, 1.54) is 12.1 Å². The summed E-state index contributed by atoms with van der Waals surface area (Å²) in [6, 6.07) is 6.22. The number of hydrazone groups is 1. The topological polar surface area (TPSA) is 131 Å². The van der Waals surface area contributed by atoms with Gasteiger partial charge in [0.25, 0.3) is 11.6 Å². The number of non-ortho nitro benzene ring substituents is 1. The molecule has 0 atom stereocenters. The molecule has 0 saturated carbocycles. The van der Waals surface area contributed by atoms with Gasteiger partial charge in [0.1, 0.15) is 5.10 Å². The summed E-state index contributed by atoms with van der Waals surface area (Å²) in [6.45, 7) is 4.71. The van der Waals surface area contributed by atoms with Gasteiger partial charge in [0.2, 0.25) is 5.88 Å². The molecule has 0 spiro atoms. The van der Waals surface area contributed by atoms with Crippen LogP contribution in [-0.4, -0.2) is 39.1 Å². The smallest absolute Gasteiger partial charge is 0.281 e. The van der Waals surface area contributed by atoms with Crippen molar-refractivity contribution < 1.29 is 14.5 Å². The summed E-state index contributed by atoms with van der Waals surface area (Å²) in [4.78, 5) is 24.8. The van der Waals surface area contributed by atoms with Gasteiger partial charge in [0.15, 0.2) is 5.03 Å². The summed E-state index contributed by atoms with van der Waals surface area (Å²) in [7, 11) is 0. The molecule has 0 radical (unpaired) electrons. The molecule has 1 fully saturated rings. The van der Waals surface area contributed by atoms with E-state index >= 15 is 0 Å². The first-order valence-electron chi connectivity index (χ1n) is 7.78. The van der Waals surface area contributed by atoms with Crippen LogP contribution in [0.1, 0.15) is 16.8 Å². The summed E-state index contributed by atoms with van der Waals surface area (Å²) in [5.41, 5.74) is 2.17. The molecule has 1 aromatic carbocycles. The van der Waals surface area contributed by atoms with Crippen LogP contribution in [0.2, 0.25) is 0 Å². The third kappa shape index (κ3) is 3.45. The van der Waals surface area contributed by atoms with Crippen molar-refractivity contribution in [3.8, 4) is 0 Å². The zero-order valence-corrected chi connectivity index (χ0v) is 14.2. The second kappa shape index (κ2) is 6.78. The Kier molecular flexibility index (Phi) is 4.52. The van der Waals surface area contributed by atoms with E-state index in [4.69, 9.17) is 4.52 Å². The maximum atomic E-state index is 11.0. The van der Waals surface area contributed by atoms with Crippen LogP contribution in [0.5, 0.6) is 0 Å². The Morgan fingerprint density at radius 1 is 1.23 bits per heavy atom. The van der Waals surface area contributed by atoms with Gasteiger partial charge in [0.05, 0.1) is 10.6 Å². The van der Waals surface area contributed by atoms with E-state index in [2.05, 4.69) is 10.3 Å². The van der Waals surface area contributed by atoms with Crippen molar-refractivity contribution in [3.05, 3.63) is 61.3 Å². The number of guanidine groups is 1. The van der Waals surface area contributed by atoms with Gasteiger partial charge in [-0.25, -0.2) is 10.1 Å². The molecule has 11 nitrogen and oxygen atoms in total. The normalized spacial score (nSPS) is 15.7. The van der Waals surface area contributed by atoms with Crippen molar-refractivity contribution in [1.29, 1.82) is 0 Å². The Bertz CT molecular complexity index is 892. The Balaban J connectivity index is 1.91. The van der Waals surface area contributed by atoms with Crippen molar-refractivity contribution in [1.82, 2.24) is 10.1 Å². The highest BCUT2D eigenvalue weighted by Gasteiger charge is 2.33. The first kappa shape index (κ1) is 17.3. The molecule has 0 amide bonds. The highest BCUT2D eigenvalue weighted by Crippen LogP contribution is 2.25. The van der Waals surface area contributed by atoms with Crippen LogP contribution in [0.3, 0.4) is 0 Å². The van der Waals surface area contributed by atoms with Crippen LogP contribution in [0, 0.1) is 34.1 Å². The molecule has 0 N–H and O–H groups in total. The van der Waals surface area contributed by atoms with Gasteiger partial charge >= 0.3 is 0 Å². The molecule has 0 aliphatic carbocycles. The lowest BCUT2D eigenvalue weighted by molar-refractivity contribution is -0.485. The average molecular weight is 360 g/mol. The van der Waals surface area contributed by atoms with Gasteiger partial charge in [-0.3, -0.25) is 15.0 Å². The second-order valence-electron chi connectivity index (χ2n) is 5.89.